The minimum Gasteiger partial charge on any atom is -0.493 e. The SMILES string of the molecule is COc1ccc(C(=O)N2CCC(c3nc(C(=O)NNC(=O)c4cccc(Cl)c4)cs3)CC2)c(OC)c1OC. The van der Waals surface area contributed by atoms with Gasteiger partial charge in [0.1, 0.15) is 5.69 Å². The van der Waals surface area contributed by atoms with E-state index in [1.165, 1.54) is 38.7 Å². The fourth-order valence-corrected chi connectivity index (χ4v) is 5.39. The number of nitrogens with one attached hydrogen (secondary N) is 2. The molecule has 1 aliphatic heterocycles. The molecule has 3 aromatic rings. The maximum Gasteiger partial charge on any atom is 0.289 e. The smallest absolute Gasteiger partial charge is 0.289 e. The molecule has 0 radical (unpaired) electrons. The van der Waals surface area contributed by atoms with Crippen LogP contribution in [0.15, 0.2) is 41.8 Å². The van der Waals surface area contributed by atoms with Crippen LogP contribution in [-0.2, 0) is 0 Å². The molecular weight excluding hydrogens is 532 g/mol. The second-order valence-corrected chi connectivity index (χ2v) is 9.76. The van der Waals surface area contributed by atoms with E-state index >= 15 is 0 Å². The van der Waals surface area contributed by atoms with E-state index in [9.17, 15) is 14.4 Å². The average molecular weight is 559 g/mol. The molecule has 3 amide bonds. The number of hydrogen-bond acceptors (Lipinski definition) is 8. The quantitative estimate of drug-likeness (QED) is 0.422. The van der Waals surface area contributed by atoms with Crippen molar-refractivity contribution in [2.75, 3.05) is 34.4 Å². The molecule has 0 atom stereocenters. The number of amides is 3. The number of piperidine rings is 1. The van der Waals surface area contributed by atoms with E-state index in [0.717, 1.165) is 5.01 Å². The first-order valence-electron chi connectivity index (χ1n) is 11.8. The molecule has 0 spiro atoms. The van der Waals surface area contributed by atoms with Crippen molar-refractivity contribution in [1.29, 1.82) is 0 Å². The largest absolute Gasteiger partial charge is 0.493 e. The third-order valence-electron chi connectivity index (χ3n) is 6.20. The fraction of sp³-hybridized carbons (Fsp3) is 0.308. The lowest BCUT2D eigenvalue weighted by Gasteiger charge is -2.31. The molecule has 0 aliphatic carbocycles. The van der Waals surface area contributed by atoms with Gasteiger partial charge in [0, 0.05) is 35.0 Å². The normalized spacial score (nSPS) is 13.5. The lowest BCUT2D eigenvalue weighted by molar-refractivity contribution is 0.0708. The minimum absolute atomic E-state index is 0.110. The number of halogens is 1. The van der Waals surface area contributed by atoms with Gasteiger partial charge in [-0.3, -0.25) is 25.2 Å². The fourth-order valence-electron chi connectivity index (χ4n) is 4.23. The summed E-state index contributed by atoms with van der Waals surface area (Å²) in [4.78, 5) is 44.3. The van der Waals surface area contributed by atoms with Crippen LogP contribution in [0.4, 0.5) is 0 Å². The van der Waals surface area contributed by atoms with Crippen molar-refractivity contribution in [3.05, 3.63) is 68.6 Å². The van der Waals surface area contributed by atoms with Gasteiger partial charge in [0.2, 0.25) is 5.75 Å². The van der Waals surface area contributed by atoms with Crippen molar-refractivity contribution in [2.45, 2.75) is 18.8 Å². The first-order valence-corrected chi connectivity index (χ1v) is 13.0. The van der Waals surface area contributed by atoms with Crippen molar-refractivity contribution in [3.8, 4) is 17.2 Å². The van der Waals surface area contributed by atoms with Gasteiger partial charge in [0.25, 0.3) is 17.7 Å². The number of nitrogens with zero attached hydrogens (tertiary/aromatic N) is 2. The molecule has 4 rings (SSSR count). The Kier molecular flexibility index (Phi) is 8.70. The molecule has 1 saturated heterocycles. The van der Waals surface area contributed by atoms with Crippen molar-refractivity contribution < 1.29 is 28.6 Å². The second kappa shape index (κ2) is 12.1. The van der Waals surface area contributed by atoms with E-state index in [-0.39, 0.29) is 17.5 Å². The van der Waals surface area contributed by atoms with Crippen LogP contribution in [0.2, 0.25) is 5.02 Å². The molecule has 2 aromatic carbocycles. The number of thiazole rings is 1. The van der Waals surface area contributed by atoms with Gasteiger partial charge in [0.15, 0.2) is 11.5 Å². The lowest BCUT2D eigenvalue weighted by Crippen LogP contribution is -2.41. The summed E-state index contributed by atoms with van der Waals surface area (Å²) in [7, 11) is 4.50. The standard InChI is InChI=1S/C26H27ClN4O6S/c1-35-20-8-7-18(21(36-2)22(20)37-3)26(34)31-11-9-15(10-12-31)25-28-19(14-38-25)24(33)30-29-23(32)16-5-4-6-17(27)13-16/h4-8,13-15H,9-12H2,1-3H3,(H,29,32)(H,30,33). The van der Waals surface area contributed by atoms with E-state index in [1.807, 2.05) is 0 Å². The Balaban J connectivity index is 1.34. The summed E-state index contributed by atoms with van der Waals surface area (Å²) in [6.45, 7) is 1.05. The molecule has 1 aromatic heterocycles. The lowest BCUT2D eigenvalue weighted by atomic mass is 9.97. The summed E-state index contributed by atoms with van der Waals surface area (Å²) in [5, 5.41) is 2.89. The number of benzene rings is 2. The van der Waals surface area contributed by atoms with Gasteiger partial charge in [0.05, 0.1) is 31.9 Å². The van der Waals surface area contributed by atoms with Gasteiger partial charge in [-0.1, -0.05) is 17.7 Å². The van der Waals surface area contributed by atoms with E-state index in [1.54, 1.807) is 40.6 Å². The third kappa shape index (κ3) is 5.84. The number of hydrogen-bond donors (Lipinski definition) is 2. The molecule has 0 bridgehead atoms. The Morgan fingerprint density at radius 3 is 2.34 bits per heavy atom. The Hall–Kier alpha value is -3.83. The number of aromatic nitrogens is 1. The summed E-state index contributed by atoms with van der Waals surface area (Å²) in [5.41, 5.74) is 5.68. The molecule has 2 N–H and O–H groups in total. The third-order valence-corrected chi connectivity index (χ3v) is 7.44. The van der Waals surface area contributed by atoms with Crippen LogP contribution in [0.25, 0.3) is 0 Å². The van der Waals surface area contributed by atoms with Crippen molar-refractivity contribution in [3.63, 3.8) is 0 Å². The summed E-state index contributed by atoms with van der Waals surface area (Å²) in [6, 6.07) is 9.75. The Morgan fingerprint density at radius 2 is 1.68 bits per heavy atom. The van der Waals surface area contributed by atoms with E-state index in [2.05, 4.69) is 15.8 Å². The first-order chi connectivity index (χ1) is 18.4. The van der Waals surface area contributed by atoms with Crippen LogP contribution < -0.4 is 25.1 Å². The number of hydrazine groups is 1. The van der Waals surface area contributed by atoms with Crippen LogP contribution in [0, 0.1) is 0 Å². The van der Waals surface area contributed by atoms with Gasteiger partial charge >= 0.3 is 0 Å². The second-order valence-electron chi connectivity index (χ2n) is 8.44. The highest BCUT2D eigenvalue weighted by molar-refractivity contribution is 7.09. The maximum atomic E-state index is 13.3. The van der Waals surface area contributed by atoms with Gasteiger partial charge in [-0.05, 0) is 43.2 Å². The first kappa shape index (κ1) is 27.2. The van der Waals surface area contributed by atoms with E-state index < -0.39 is 11.8 Å². The van der Waals surface area contributed by atoms with Gasteiger partial charge in [-0.15, -0.1) is 11.3 Å². The number of likely N-dealkylation sites (tertiary alicyclic amines) is 1. The number of carbonyl (C=O) groups excluding carboxylic acids is 3. The van der Waals surface area contributed by atoms with Gasteiger partial charge in [-0.25, -0.2) is 4.98 Å². The Labute approximate surface area is 228 Å². The molecule has 1 aliphatic rings. The van der Waals surface area contributed by atoms with Crippen LogP contribution in [-0.4, -0.2) is 62.0 Å². The number of ether oxygens (including phenoxy) is 3. The van der Waals surface area contributed by atoms with Crippen LogP contribution >= 0.6 is 22.9 Å². The molecule has 0 unspecified atom stereocenters. The molecule has 38 heavy (non-hydrogen) atoms. The topological polar surface area (TPSA) is 119 Å². The zero-order chi connectivity index (χ0) is 27.2. The minimum atomic E-state index is -0.518. The van der Waals surface area contributed by atoms with Crippen molar-refractivity contribution >= 4 is 40.7 Å². The highest BCUT2D eigenvalue weighted by Gasteiger charge is 2.30. The van der Waals surface area contributed by atoms with Gasteiger partial charge < -0.3 is 19.1 Å². The highest BCUT2D eigenvalue weighted by atomic mass is 35.5. The summed E-state index contributed by atoms with van der Waals surface area (Å²) >= 11 is 7.29. The average Bonchev–Trinajstić information content (AvgIpc) is 3.45. The Bertz CT molecular complexity index is 1340. The number of rotatable bonds is 7. The van der Waals surface area contributed by atoms with E-state index in [4.69, 9.17) is 25.8 Å². The van der Waals surface area contributed by atoms with Gasteiger partial charge in [-0.2, -0.15) is 0 Å². The number of carbonyl (C=O) groups is 3. The summed E-state index contributed by atoms with van der Waals surface area (Å²) < 4.78 is 16.2. The predicted molar refractivity (Wildman–Crippen MR) is 142 cm³/mol. The summed E-state index contributed by atoms with van der Waals surface area (Å²) in [5.74, 6) is 0.127. The molecule has 200 valence electrons. The number of methoxy groups -OCH3 is 3. The molecular formula is C26H27ClN4O6S. The van der Waals surface area contributed by atoms with Crippen LogP contribution in [0.3, 0.4) is 0 Å². The molecule has 12 heteroatoms. The molecule has 10 nitrogen and oxygen atoms in total. The van der Waals surface area contributed by atoms with Crippen LogP contribution in [0.1, 0.15) is 55.0 Å². The van der Waals surface area contributed by atoms with Crippen LogP contribution in [0.5, 0.6) is 17.2 Å². The zero-order valence-electron chi connectivity index (χ0n) is 21.1. The molecule has 0 saturated carbocycles. The zero-order valence-corrected chi connectivity index (χ0v) is 22.6. The van der Waals surface area contributed by atoms with Crippen molar-refractivity contribution in [2.24, 2.45) is 0 Å². The summed E-state index contributed by atoms with van der Waals surface area (Å²) in [6.07, 6.45) is 1.39. The Morgan fingerprint density at radius 1 is 0.974 bits per heavy atom. The highest BCUT2D eigenvalue weighted by Crippen LogP contribution is 2.40. The maximum absolute atomic E-state index is 13.3. The van der Waals surface area contributed by atoms with E-state index in [0.29, 0.717) is 59.3 Å². The molecule has 1 fully saturated rings. The predicted octanol–water partition coefficient (Wildman–Crippen LogP) is 3.92. The monoisotopic (exact) mass is 558 g/mol. The molecule has 2 heterocycles. The van der Waals surface area contributed by atoms with Crippen molar-refractivity contribution in [1.82, 2.24) is 20.7 Å².